The van der Waals surface area contributed by atoms with Crippen molar-refractivity contribution in [2.75, 3.05) is 5.32 Å². The SMILES string of the molecule is Cc1ccc(CNc2nc(Cc3ccccc3)nc3sc(C)c(C)c23)cc1. The number of thiophene rings is 1. The Kier molecular flexibility index (Phi) is 4.90. The molecule has 0 saturated carbocycles. The molecule has 4 aromatic rings. The smallest absolute Gasteiger partial charge is 0.139 e. The van der Waals surface area contributed by atoms with Crippen molar-refractivity contribution in [3.8, 4) is 0 Å². The zero-order valence-corrected chi connectivity index (χ0v) is 16.7. The van der Waals surface area contributed by atoms with Gasteiger partial charge in [-0.05, 0) is 37.5 Å². The van der Waals surface area contributed by atoms with Crippen molar-refractivity contribution in [1.29, 1.82) is 0 Å². The van der Waals surface area contributed by atoms with Crippen molar-refractivity contribution in [2.24, 2.45) is 0 Å². The summed E-state index contributed by atoms with van der Waals surface area (Å²) in [4.78, 5) is 12.1. The molecule has 0 spiro atoms. The monoisotopic (exact) mass is 373 g/mol. The minimum Gasteiger partial charge on any atom is -0.365 e. The first-order chi connectivity index (χ1) is 13.1. The van der Waals surface area contributed by atoms with E-state index in [2.05, 4.69) is 74.6 Å². The molecule has 3 nitrogen and oxygen atoms in total. The Morgan fingerprint density at radius 2 is 1.59 bits per heavy atom. The molecule has 1 N–H and O–H groups in total. The molecular weight excluding hydrogens is 350 g/mol. The fourth-order valence-corrected chi connectivity index (χ4v) is 4.22. The predicted molar refractivity (Wildman–Crippen MR) is 115 cm³/mol. The molecule has 0 saturated heterocycles. The van der Waals surface area contributed by atoms with Gasteiger partial charge in [0.25, 0.3) is 0 Å². The largest absolute Gasteiger partial charge is 0.365 e. The Bertz CT molecular complexity index is 1070. The molecule has 0 aliphatic heterocycles. The van der Waals surface area contributed by atoms with Crippen molar-refractivity contribution in [1.82, 2.24) is 9.97 Å². The summed E-state index contributed by atoms with van der Waals surface area (Å²) in [7, 11) is 0. The van der Waals surface area contributed by atoms with Crippen LogP contribution >= 0.6 is 11.3 Å². The second-order valence-electron chi connectivity index (χ2n) is 6.95. The van der Waals surface area contributed by atoms with Crippen molar-refractivity contribution >= 4 is 27.4 Å². The molecule has 2 aromatic heterocycles. The van der Waals surface area contributed by atoms with Gasteiger partial charge in [0.15, 0.2) is 0 Å². The molecule has 0 aliphatic carbocycles. The van der Waals surface area contributed by atoms with Crippen molar-refractivity contribution in [3.63, 3.8) is 0 Å². The summed E-state index contributed by atoms with van der Waals surface area (Å²) >= 11 is 1.75. The van der Waals surface area contributed by atoms with Gasteiger partial charge in [0.2, 0.25) is 0 Å². The predicted octanol–water partition coefficient (Wildman–Crippen LogP) is 5.82. The highest BCUT2D eigenvalue weighted by Gasteiger charge is 2.15. The lowest BCUT2D eigenvalue weighted by molar-refractivity contribution is 0.984. The summed E-state index contributed by atoms with van der Waals surface area (Å²) in [6, 6.07) is 19.0. The van der Waals surface area contributed by atoms with Crippen molar-refractivity contribution in [2.45, 2.75) is 33.7 Å². The molecule has 2 heterocycles. The third-order valence-electron chi connectivity index (χ3n) is 4.86. The second kappa shape index (κ2) is 7.49. The summed E-state index contributed by atoms with van der Waals surface area (Å²) in [5.41, 5.74) is 5.03. The van der Waals surface area contributed by atoms with Gasteiger partial charge in [0.1, 0.15) is 16.5 Å². The third-order valence-corrected chi connectivity index (χ3v) is 5.96. The molecule has 27 heavy (non-hydrogen) atoms. The van der Waals surface area contributed by atoms with Gasteiger partial charge in [0.05, 0.1) is 5.39 Å². The summed E-state index contributed by atoms with van der Waals surface area (Å²) in [5.74, 6) is 1.80. The lowest BCUT2D eigenvalue weighted by Gasteiger charge is -2.10. The Labute approximate surface area is 164 Å². The van der Waals surface area contributed by atoms with E-state index in [1.54, 1.807) is 11.3 Å². The Morgan fingerprint density at radius 3 is 2.33 bits per heavy atom. The van der Waals surface area contributed by atoms with Gasteiger partial charge in [-0.3, -0.25) is 0 Å². The third kappa shape index (κ3) is 3.86. The normalized spacial score (nSPS) is 11.1. The Morgan fingerprint density at radius 1 is 0.852 bits per heavy atom. The fourth-order valence-electron chi connectivity index (χ4n) is 3.17. The highest BCUT2D eigenvalue weighted by Crippen LogP contribution is 2.33. The molecule has 0 fully saturated rings. The van der Waals surface area contributed by atoms with Gasteiger partial charge >= 0.3 is 0 Å². The number of anilines is 1. The molecule has 136 valence electrons. The molecule has 0 radical (unpaired) electrons. The van der Waals surface area contributed by atoms with Crippen LogP contribution in [0.3, 0.4) is 0 Å². The quantitative estimate of drug-likeness (QED) is 0.479. The minimum atomic E-state index is 0.742. The molecule has 0 unspecified atom stereocenters. The number of nitrogens with zero attached hydrogens (tertiary/aromatic N) is 2. The second-order valence-corrected chi connectivity index (χ2v) is 8.16. The van der Waals surface area contributed by atoms with Gasteiger partial charge in [-0.2, -0.15) is 0 Å². The highest BCUT2D eigenvalue weighted by molar-refractivity contribution is 7.18. The number of aryl methyl sites for hydroxylation is 3. The lowest BCUT2D eigenvalue weighted by atomic mass is 10.1. The molecule has 4 rings (SSSR count). The van der Waals surface area contributed by atoms with Crippen LogP contribution in [-0.2, 0) is 13.0 Å². The van der Waals surface area contributed by atoms with Gasteiger partial charge < -0.3 is 5.32 Å². The van der Waals surface area contributed by atoms with Crippen LogP contribution in [0.1, 0.15) is 33.0 Å². The Hall–Kier alpha value is -2.72. The number of benzene rings is 2. The van der Waals surface area contributed by atoms with Crippen LogP contribution in [0.4, 0.5) is 5.82 Å². The van der Waals surface area contributed by atoms with Crippen LogP contribution in [0.15, 0.2) is 54.6 Å². The van der Waals surface area contributed by atoms with Crippen LogP contribution < -0.4 is 5.32 Å². The molecule has 4 heteroatoms. The maximum absolute atomic E-state index is 4.89. The van der Waals surface area contributed by atoms with E-state index in [-0.39, 0.29) is 0 Å². The van der Waals surface area contributed by atoms with E-state index in [0.717, 1.165) is 34.8 Å². The van der Waals surface area contributed by atoms with Gasteiger partial charge in [-0.25, -0.2) is 9.97 Å². The standard InChI is InChI=1S/C23H23N3S/c1-15-9-11-19(12-10-15)14-24-22-21-16(2)17(3)27-23(21)26-20(25-22)13-18-7-5-4-6-8-18/h4-12H,13-14H2,1-3H3,(H,24,25,26). The zero-order chi connectivity index (χ0) is 18.8. The van der Waals surface area contributed by atoms with Gasteiger partial charge in [-0.15, -0.1) is 11.3 Å². The van der Waals surface area contributed by atoms with Crippen LogP contribution in [0.2, 0.25) is 0 Å². The van der Waals surface area contributed by atoms with E-state index >= 15 is 0 Å². The number of hydrogen-bond acceptors (Lipinski definition) is 4. The van der Waals surface area contributed by atoms with Crippen LogP contribution in [0.5, 0.6) is 0 Å². The minimum absolute atomic E-state index is 0.742. The summed E-state index contributed by atoms with van der Waals surface area (Å²) < 4.78 is 0. The average molecular weight is 374 g/mol. The lowest BCUT2D eigenvalue weighted by Crippen LogP contribution is -2.06. The maximum Gasteiger partial charge on any atom is 0.139 e. The fraction of sp³-hybridized carbons (Fsp3) is 0.217. The number of rotatable bonds is 5. The number of hydrogen-bond donors (Lipinski definition) is 1. The summed E-state index contributed by atoms with van der Waals surface area (Å²) in [6.45, 7) is 7.18. The highest BCUT2D eigenvalue weighted by atomic mass is 32.1. The topological polar surface area (TPSA) is 37.8 Å². The van der Waals surface area contributed by atoms with Crippen molar-refractivity contribution < 1.29 is 0 Å². The van der Waals surface area contributed by atoms with E-state index in [1.165, 1.54) is 27.1 Å². The van der Waals surface area contributed by atoms with Crippen molar-refractivity contribution in [3.05, 3.63) is 87.6 Å². The van der Waals surface area contributed by atoms with E-state index in [1.807, 2.05) is 6.07 Å². The first kappa shape index (κ1) is 17.7. The molecule has 0 atom stereocenters. The first-order valence-corrected chi connectivity index (χ1v) is 10.0. The van der Waals surface area contributed by atoms with Crippen LogP contribution in [0.25, 0.3) is 10.2 Å². The summed E-state index contributed by atoms with van der Waals surface area (Å²) in [6.07, 6.45) is 0.742. The van der Waals surface area contributed by atoms with E-state index < -0.39 is 0 Å². The number of fused-ring (bicyclic) bond motifs is 1. The van der Waals surface area contributed by atoms with E-state index in [9.17, 15) is 0 Å². The first-order valence-electron chi connectivity index (χ1n) is 9.20. The number of nitrogens with one attached hydrogen (secondary N) is 1. The summed E-state index contributed by atoms with van der Waals surface area (Å²) in [5, 5.41) is 4.71. The molecular formula is C23H23N3S. The van der Waals surface area contributed by atoms with Crippen LogP contribution in [0, 0.1) is 20.8 Å². The van der Waals surface area contributed by atoms with Gasteiger partial charge in [-0.1, -0.05) is 60.2 Å². The molecule has 0 amide bonds. The molecule has 0 bridgehead atoms. The number of aromatic nitrogens is 2. The van der Waals surface area contributed by atoms with Gasteiger partial charge in [0, 0.05) is 17.8 Å². The van der Waals surface area contributed by atoms with E-state index in [4.69, 9.17) is 9.97 Å². The zero-order valence-electron chi connectivity index (χ0n) is 15.9. The maximum atomic E-state index is 4.89. The van der Waals surface area contributed by atoms with E-state index in [0.29, 0.717) is 0 Å². The van der Waals surface area contributed by atoms with Crippen LogP contribution in [-0.4, -0.2) is 9.97 Å². The Balaban J connectivity index is 1.69. The molecule has 2 aromatic carbocycles. The molecule has 0 aliphatic rings. The average Bonchev–Trinajstić information content (AvgIpc) is 2.96.